The van der Waals surface area contributed by atoms with Gasteiger partial charge >= 0.3 is 6.61 Å². The maximum absolute atomic E-state index is 12.1. The molecule has 0 aliphatic heterocycles. The molecule has 6 heteroatoms. The van der Waals surface area contributed by atoms with Crippen LogP contribution in [0, 0.1) is 0 Å². The Bertz CT molecular complexity index is 627. The highest BCUT2D eigenvalue weighted by atomic mass is 19.3. The van der Waals surface area contributed by atoms with Crippen LogP contribution in [0.3, 0.4) is 0 Å². The normalized spacial score (nSPS) is 10.6. The van der Waals surface area contributed by atoms with Crippen molar-refractivity contribution in [2.24, 2.45) is 0 Å². The Hall–Kier alpha value is -2.47. The molecule has 0 bridgehead atoms. The van der Waals surface area contributed by atoms with Gasteiger partial charge in [-0.1, -0.05) is 24.3 Å². The van der Waals surface area contributed by atoms with Gasteiger partial charge in [-0.25, -0.2) is 0 Å². The lowest BCUT2D eigenvalue weighted by molar-refractivity contribution is -0.0498. The molecule has 1 amide bonds. The third kappa shape index (κ3) is 5.34. The largest absolute Gasteiger partial charge is 0.435 e. The Kier molecular flexibility index (Phi) is 6.05. The number of carbonyl (C=O) groups excluding carboxylic acids is 1. The van der Waals surface area contributed by atoms with Gasteiger partial charge in [-0.05, 0) is 35.4 Å². The first-order valence-electron chi connectivity index (χ1n) is 6.98. The van der Waals surface area contributed by atoms with Crippen molar-refractivity contribution < 1.29 is 23.0 Å². The fraction of sp³-hybridized carbons (Fsp3) is 0.235. The van der Waals surface area contributed by atoms with Crippen molar-refractivity contribution in [2.75, 3.05) is 7.11 Å². The minimum Gasteiger partial charge on any atom is -0.435 e. The number of halogens is 2. The van der Waals surface area contributed by atoms with Gasteiger partial charge in [0.05, 0.1) is 6.61 Å². The van der Waals surface area contributed by atoms with E-state index in [-0.39, 0.29) is 11.7 Å². The van der Waals surface area contributed by atoms with Crippen molar-refractivity contribution in [1.29, 1.82) is 0 Å². The molecule has 0 radical (unpaired) electrons. The Morgan fingerprint density at radius 1 is 1.04 bits per heavy atom. The number of amides is 1. The second-order valence-corrected chi connectivity index (χ2v) is 4.84. The predicted octanol–water partition coefficient (Wildman–Crippen LogP) is 3.36. The van der Waals surface area contributed by atoms with Gasteiger partial charge in [0.25, 0.3) is 5.91 Å². The number of benzene rings is 2. The highest BCUT2D eigenvalue weighted by Crippen LogP contribution is 2.15. The number of methoxy groups -OCH3 is 1. The van der Waals surface area contributed by atoms with Gasteiger partial charge in [0, 0.05) is 19.2 Å². The lowest BCUT2D eigenvalue weighted by Crippen LogP contribution is -2.22. The van der Waals surface area contributed by atoms with E-state index in [0.29, 0.717) is 18.7 Å². The monoisotopic (exact) mass is 321 g/mol. The number of hydrogen-bond donors (Lipinski definition) is 1. The van der Waals surface area contributed by atoms with Gasteiger partial charge in [-0.3, -0.25) is 4.79 Å². The van der Waals surface area contributed by atoms with Crippen molar-refractivity contribution in [2.45, 2.75) is 19.8 Å². The summed E-state index contributed by atoms with van der Waals surface area (Å²) in [5.74, 6) is -0.120. The van der Waals surface area contributed by atoms with Crippen LogP contribution in [-0.4, -0.2) is 19.6 Å². The van der Waals surface area contributed by atoms with Crippen LogP contribution in [0.1, 0.15) is 21.5 Å². The van der Waals surface area contributed by atoms with Crippen LogP contribution in [0.25, 0.3) is 0 Å². The number of rotatable bonds is 7. The maximum Gasteiger partial charge on any atom is 0.387 e. The number of carbonyl (C=O) groups is 1. The first-order chi connectivity index (χ1) is 11.1. The zero-order valence-electron chi connectivity index (χ0n) is 12.6. The molecule has 1 N–H and O–H groups in total. The summed E-state index contributed by atoms with van der Waals surface area (Å²) in [6.45, 7) is -2.05. The molecule has 23 heavy (non-hydrogen) atoms. The summed E-state index contributed by atoms with van der Waals surface area (Å²) in [5.41, 5.74) is 2.32. The van der Waals surface area contributed by atoms with E-state index in [9.17, 15) is 13.6 Å². The van der Waals surface area contributed by atoms with Crippen LogP contribution in [0.2, 0.25) is 0 Å². The van der Waals surface area contributed by atoms with Gasteiger partial charge in [0.2, 0.25) is 0 Å². The summed E-state index contributed by atoms with van der Waals surface area (Å²) in [4.78, 5) is 12.0. The molecular formula is C17H17F2NO3. The summed E-state index contributed by atoms with van der Waals surface area (Å²) in [5, 5.41) is 2.77. The van der Waals surface area contributed by atoms with Crippen molar-refractivity contribution in [3.63, 3.8) is 0 Å². The second-order valence-electron chi connectivity index (χ2n) is 4.84. The first kappa shape index (κ1) is 16.9. The van der Waals surface area contributed by atoms with Crippen LogP contribution in [0.4, 0.5) is 8.78 Å². The number of ether oxygens (including phenoxy) is 2. The maximum atomic E-state index is 12.1. The van der Waals surface area contributed by atoms with Crippen LogP contribution < -0.4 is 10.1 Å². The fourth-order valence-corrected chi connectivity index (χ4v) is 1.99. The van der Waals surface area contributed by atoms with Crippen molar-refractivity contribution >= 4 is 5.91 Å². The van der Waals surface area contributed by atoms with Crippen LogP contribution in [0.15, 0.2) is 48.5 Å². The molecular weight excluding hydrogens is 304 g/mol. The van der Waals surface area contributed by atoms with Crippen LogP contribution in [-0.2, 0) is 17.9 Å². The van der Waals surface area contributed by atoms with Crippen LogP contribution in [0.5, 0.6) is 5.75 Å². The average Bonchev–Trinajstić information content (AvgIpc) is 2.54. The van der Waals surface area contributed by atoms with Gasteiger partial charge in [0.15, 0.2) is 0 Å². The van der Waals surface area contributed by atoms with E-state index in [4.69, 9.17) is 4.74 Å². The Morgan fingerprint density at radius 2 is 1.65 bits per heavy atom. The molecule has 0 unspecified atom stereocenters. The average molecular weight is 321 g/mol. The van der Waals surface area contributed by atoms with Crippen LogP contribution >= 0.6 is 0 Å². The van der Waals surface area contributed by atoms with Gasteiger partial charge in [-0.15, -0.1) is 0 Å². The van der Waals surface area contributed by atoms with E-state index >= 15 is 0 Å². The van der Waals surface area contributed by atoms with E-state index < -0.39 is 6.61 Å². The lowest BCUT2D eigenvalue weighted by atomic mass is 10.1. The number of nitrogens with one attached hydrogen (secondary N) is 1. The first-order valence-corrected chi connectivity index (χ1v) is 6.98. The minimum absolute atomic E-state index is 0.0869. The Labute approximate surface area is 133 Å². The predicted molar refractivity (Wildman–Crippen MR) is 81.4 cm³/mol. The van der Waals surface area contributed by atoms with E-state index in [0.717, 1.165) is 11.1 Å². The fourth-order valence-electron chi connectivity index (χ4n) is 1.99. The zero-order valence-corrected chi connectivity index (χ0v) is 12.6. The van der Waals surface area contributed by atoms with E-state index in [1.807, 2.05) is 12.1 Å². The van der Waals surface area contributed by atoms with Crippen molar-refractivity contribution in [3.8, 4) is 5.75 Å². The van der Waals surface area contributed by atoms with Gasteiger partial charge in [-0.2, -0.15) is 8.78 Å². The van der Waals surface area contributed by atoms with Gasteiger partial charge < -0.3 is 14.8 Å². The Balaban J connectivity index is 1.88. The molecule has 0 saturated carbocycles. The smallest absolute Gasteiger partial charge is 0.387 e. The molecule has 2 aromatic rings. The standard InChI is InChI=1S/C17H17F2NO3/c1-22-11-13-2-6-14(7-3-13)16(21)20-10-12-4-8-15(9-5-12)23-17(18)19/h2-9,17H,10-11H2,1H3,(H,20,21). The minimum atomic E-state index is -2.85. The third-order valence-corrected chi connectivity index (χ3v) is 3.13. The molecule has 0 aromatic heterocycles. The summed E-state index contributed by atoms with van der Waals surface area (Å²) in [6.07, 6.45) is 0. The highest BCUT2D eigenvalue weighted by Gasteiger charge is 2.06. The second kappa shape index (κ2) is 8.24. The molecule has 0 aliphatic rings. The SMILES string of the molecule is COCc1ccc(C(=O)NCc2ccc(OC(F)F)cc2)cc1. The molecule has 0 saturated heterocycles. The molecule has 0 spiro atoms. The lowest BCUT2D eigenvalue weighted by Gasteiger charge is -2.08. The molecule has 122 valence electrons. The van der Waals surface area contributed by atoms with E-state index in [2.05, 4.69) is 10.1 Å². The molecule has 2 aromatic carbocycles. The summed E-state index contributed by atoms with van der Waals surface area (Å²) < 4.78 is 33.4. The molecule has 4 nitrogen and oxygen atoms in total. The van der Waals surface area contributed by atoms with E-state index in [1.54, 1.807) is 31.4 Å². The summed E-state index contributed by atoms with van der Waals surface area (Å²) in [7, 11) is 1.61. The Morgan fingerprint density at radius 3 is 2.22 bits per heavy atom. The summed E-state index contributed by atoms with van der Waals surface area (Å²) in [6, 6.07) is 13.2. The molecule has 2 rings (SSSR count). The third-order valence-electron chi connectivity index (χ3n) is 3.13. The quantitative estimate of drug-likeness (QED) is 0.850. The topological polar surface area (TPSA) is 47.6 Å². The molecule has 0 fully saturated rings. The molecule has 0 atom stereocenters. The van der Waals surface area contributed by atoms with Crippen molar-refractivity contribution in [1.82, 2.24) is 5.32 Å². The summed E-state index contributed by atoms with van der Waals surface area (Å²) >= 11 is 0. The number of alkyl halides is 2. The number of hydrogen-bond acceptors (Lipinski definition) is 3. The van der Waals surface area contributed by atoms with E-state index in [1.165, 1.54) is 12.1 Å². The van der Waals surface area contributed by atoms with Gasteiger partial charge in [0.1, 0.15) is 5.75 Å². The zero-order chi connectivity index (χ0) is 16.7. The highest BCUT2D eigenvalue weighted by molar-refractivity contribution is 5.94. The molecule has 0 aliphatic carbocycles. The molecule has 0 heterocycles. The van der Waals surface area contributed by atoms with Crippen molar-refractivity contribution in [3.05, 3.63) is 65.2 Å².